The summed E-state index contributed by atoms with van der Waals surface area (Å²) in [4.78, 5) is 12.2. The van der Waals surface area contributed by atoms with Crippen molar-refractivity contribution in [3.05, 3.63) is 168 Å². The Labute approximate surface area is 421 Å². The predicted octanol–water partition coefficient (Wildman–Crippen LogP) is 19.6. The largest absolute Gasteiger partial charge is 0.462 e. The number of unbranched alkanes of at least 4 members (excludes halogenated alkanes) is 3. The Hall–Kier alpha value is -6.51. The highest BCUT2D eigenvalue weighted by molar-refractivity contribution is 6.27. The molecule has 10 aromatic rings. The van der Waals surface area contributed by atoms with Crippen molar-refractivity contribution in [2.24, 2.45) is 5.92 Å². The third kappa shape index (κ3) is 8.07. The normalized spacial score (nSPS) is 14.1. The molecule has 10 aromatic carbocycles. The van der Waals surface area contributed by atoms with Gasteiger partial charge in [0.2, 0.25) is 0 Å². The Morgan fingerprint density at radius 2 is 0.958 bits per heavy atom. The number of hydrogen-bond acceptors (Lipinski definition) is 2. The predicted molar refractivity (Wildman–Crippen MR) is 306 cm³/mol. The van der Waals surface area contributed by atoms with Crippen LogP contribution in [-0.4, -0.2) is 12.6 Å². The average molecular weight is 931 g/mol. The number of benzene rings is 10. The van der Waals surface area contributed by atoms with E-state index < -0.39 is 0 Å². The number of ether oxygens (including phenoxy) is 1. The van der Waals surface area contributed by atoms with Crippen LogP contribution in [0, 0.1) is 5.92 Å². The van der Waals surface area contributed by atoms with Gasteiger partial charge < -0.3 is 4.74 Å². The van der Waals surface area contributed by atoms with E-state index in [0.717, 1.165) is 32.1 Å². The number of hydrogen-bond donors (Lipinski definition) is 0. The molecule has 0 aromatic heterocycles. The Bertz CT molecular complexity index is 3410. The summed E-state index contributed by atoms with van der Waals surface area (Å²) in [7, 11) is 0. The molecular formula is C69H70O2. The van der Waals surface area contributed by atoms with Crippen LogP contribution in [0.5, 0.6) is 0 Å². The van der Waals surface area contributed by atoms with E-state index in [2.05, 4.69) is 195 Å². The topological polar surface area (TPSA) is 26.3 Å². The smallest absolute Gasteiger partial charge is 0.330 e. The van der Waals surface area contributed by atoms with E-state index in [4.69, 9.17) is 4.74 Å². The summed E-state index contributed by atoms with van der Waals surface area (Å²) < 4.78 is 5.66. The maximum Gasteiger partial charge on any atom is 0.330 e. The van der Waals surface area contributed by atoms with Crippen LogP contribution >= 0.6 is 0 Å². The van der Waals surface area contributed by atoms with Crippen LogP contribution in [0.3, 0.4) is 0 Å². The molecule has 11 rings (SSSR count). The molecule has 0 amide bonds. The average Bonchev–Trinajstić information content (AvgIpc) is 3.63. The maximum absolute atomic E-state index is 12.2. The third-order valence-electron chi connectivity index (χ3n) is 16.8. The van der Waals surface area contributed by atoms with E-state index in [1.807, 2.05) is 0 Å². The summed E-state index contributed by atoms with van der Waals surface area (Å²) >= 11 is 0. The fourth-order valence-electron chi connectivity index (χ4n) is 12.7. The summed E-state index contributed by atoms with van der Waals surface area (Å²) in [6, 6.07) is 52.8. The van der Waals surface area contributed by atoms with Crippen molar-refractivity contribution >= 4 is 70.6 Å². The van der Waals surface area contributed by atoms with Gasteiger partial charge in [-0.2, -0.15) is 0 Å². The van der Waals surface area contributed by atoms with Gasteiger partial charge in [-0.3, -0.25) is 0 Å². The molecule has 0 saturated carbocycles. The molecule has 0 radical (unpaired) electrons. The molecule has 0 saturated heterocycles. The fourth-order valence-corrected chi connectivity index (χ4v) is 12.7. The summed E-state index contributed by atoms with van der Waals surface area (Å²) in [5.74, 6) is -0.0418. The van der Waals surface area contributed by atoms with Crippen LogP contribution < -0.4 is 0 Å². The molecule has 1 aliphatic carbocycles. The van der Waals surface area contributed by atoms with Gasteiger partial charge in [0.1, 0.15) is 0 Å². The first-order chi connectivity index (χ1) is 34.2. The van der Waals surface area contributed by atoms with Crippen LogP contribution in [-0.2, 0) is 25.8 Å². The Morgan fingerprint density at radius 3 is 1.41 bits per heavy atom. The number of rotatable bonds is 15. The molecule has 0 aliphatic heterocycles. The van der Waals surface area contributed by atoms with Crippen LogP contribution in [0.1, 0.15) is 135 Å². The van der Waals surface area contributed by atoms with E-state index >= 15 is 0 Å². The van der Waals surface area contributed by atoms with Crippen molar-refractivity contribution in [1.29, 1.82) is 0 Å². The fraction of sp³-hybridized carbons (Fsp3) is 0.319. The molecule has 0 heterocycles. The first kappa shape index (κ1) is 46.8. The van der Waals surface area contributed by atoms with Crippen molar-refractivity contribution in [3.8, 4) is 33.4 Å². The molecule has 2 nitrogen and oxygen atoms in total. The Morgan fingerprint density at radius 1 is 0.521 bits per heavy atom. The Balaban J connectivity index is 1.08. The summed E-state index contributed by atoms with van der Waals surface area (Å²) in [5.41, 5.74) is 13.5. The van der Waals surface area contributed by atoms with Gasteiger partial charge in [-0.25, -0.2) is 4.79 Å². The molecule has 0 bridgehead atoms. The van der Waals surface area contributed by atoms with Crippen LogP contribution in [0.25, 0.3) is 98.0 Å². The lowest BCUT2D eigenvalue weighted by Gasteiger charge is -2.34. The summed E-state index contributed by atoms with van der Waals surface area (Å²) in [5, 5.41) is 16.0. The Kier molecular flexibility index (Phi) is 11.9. The zero-order valence-electron chi connectivity index (χ0n) is 43.5. The van der Waals surface area contributed by atoms with Crippen molar-refractivity contribution < 1.29 is 9.53 Å². The van der Waals surface area contributed by atoms with Gasteiger partial charge in [-0.05, 0) is 168 Å². The molecule has 71 heavy (non-hydrogen) atoms. The quantitative estimate of drug-likeness (QED) is 0.0443. The monoisotopic (exact) mass is 931 g/mol. The van der Waals surface area contributed by atoms with E-state index in [0.29, 0.717) is 12.5 Å². The van der Waals surface area contributed by atoms with Crippen LogP contribution in [0.2, 0.25) is 0 Å². The lowest BCUT2D eigenvalue weighted by atomic mass is 9.69. The molecule has 1 aliphatic rings. The van der Waals surface area contributed by atoms with Crippen LogP contribution in [0.4, 0.5) is 0 Å². The van der Waals surface area contributed by atoms with Crippen molar-refractivity contribution in [2.75, 3.05) is 6.61 Å². The highest BCUT2D eigenvalue weighted by Gasteiger charge is 2.43. The van der Waals surface area contributed by atoms with E-state index in [-0.39, 0.29) is 22.2 Å². The molecule has 0 fully saturated rings. The van der Waals surface area contributed by atoms with Gasteiger partial charge in [0.05, 0.1) is 6.61 Å². The van der Waals surface area contributed by atoms with E-state index in [9.17, 15) is 4.79 Å². The van der Waals surface area contributed by atoms with Gasteiger partial charge in [-0.1, -0.05) is 222 Å². The summed E-state index contributed by atoms with van der Waals surface area (Å²) in [6.45, 7) is 22.5. The molecule has 2 heteroatoms. The minimum atomic E-state index is -0.336. The second-order valence-electron chi connectivity index (χ2n) is 23.3. The number of fused-ring (bicyclic) bond motifs is 3. The van der Waals surface area contributed by atoms with Gasteiger partial charge in [0.15, 0.2) is 0 Å². The molecular weight excluding hydrogens is 861 g/mol. The number of esters is 1. The lowest BCUT2D eigenvalue weighted by Crippen LogP contribution is -2.26. The number of carbonyl (C=O) groups excluding carboxylic acids is 1. The first-order valence-electron chi connectivity index (χ1n) is 26.7. The second kappa shape index (κ2) is 18.0. The van der Waals surface area contributed by atoms with Gasteiger partial charge in [0.25, 0.3) is 0 Å². The van der Waals surface area contributed by atoms with E-state index in [1.54, 1.807) is 0 Å². The molecule has 0 N–H and O–H groups in total. The zero-order valence-corrected chi connectivity index (χ0v) is 43.5. The molecule has 1 unspecified atom stereocenters. The van der Waals surface area contributed by atoms with Crippen molar-refractivity contribution in [3.63, 3.8) is 0 Å². The third-order valence-corrected chi connectivity index (χ3v) is 16.8. The van der Waals surface area contributed by atoms with Crippen molar-refractivity contribution in [1.82, 2.24) is 0 Å². The van der Waals surface area contributed by atoms with Gasteiger partial charge >= 0.3 is 5.97 Å². The van der Waals surface area contributed by atoms with Gasteiger partial charge in [0, 0.05) is 11.5 Å². The molecule has 1 atom stereocenters. The lowest BCUT2D eigenvalue weighted by molar-refractivity contribution is -0.139. The zero-order chi connectivity index (χ0) is 49.4. The molecule has 358 valence electrons. The molecule has 0 spiro atoms. The first-order valence-corrected chi connectivity index (χ1v) is 26.7. The maximum atomic E-state index is 12.2. The summed E-state index contributed by atoms with van der Waals surface area (Å²) in [6.07, 6.45) is 11.2. The highest BCUT2D eigenvalue weighted by Crippen LogP contribution is 2.57. The standard InChI is InChI=1S/C69H70O2/c1-10-13-14-15-34-69(35-16-17-43(11-2)42-71-62(70)12-3)60-40-46(54-28-22-44-18-20-48-36-52(67(4,5)6)38-50-26-32-58(54)65(44)63(48)50)24-30-56(60)57-31-25-47(41-61(57)69)55-29-23-45-19-21-49-37-53(68(7,8)9)39-51-27-33-59(55)66(45)64(49)51/h12,18-33,36-41,43H,3,10-11,13-17,34-35,42H2,1-2,4-9H3. The minimum Gasteiger partial charge on any atom is -0.462 e. The van der Waals surface area contributed by atoms with Crippen LogP contribution in [0.15, 0.2) is 146 Å². The minimum absolute atomic E-state index is 0.0654. The second-order valence-corrected chi connectivity index (χ2v) is 23.3. The highest BCUT2D eigenvalue weighted by atomic mass is 16.5. The van der Waals surface area contributed by atoms with Crippen molar-refractivity contribution in [2.45, 2.75) is 129 Å². The SMILES string of the molecule is C=CC(=O)OCC(CC)CCCC1(CCCCCC)c2cc(-c3ccc4ccc5cc(C(C)(C)C)cc6ccc3c4c56)ccc2-c2ccc(-c3ccc4ccc5cc(C(C)(C)C)cc6ccc3c4c56)cc21. The van der Waals surface area contributed by atoms with Gasteiger partial charge in [-0.15, -0.1) is 0 Å². The number of carbonyl (C=O) groups is 1. The van der Waals surface area contributed by atoms with E-state index in [1.165, 1.54) is 152 Å².